The van der Waals surface area contributed by atoms with Crippen molar-refractivity contribution >= 4 is 11.9 Å². The van der Waals surface area contributed by atoms with Gasteiger partial charge in [-0.3, -0.25) is 9.59 Å². The number of rotatable bonds is 73. The highest BCUT2D eigenvalue weighted by Crippen LogP contribution is 2.20. The maximum Gasteiger partial charge on any atom is 0.305 e. The topological polar surface area (TPSA) is 95.9 Å². The lowest BCUT2D eigenvalue weighted by Gasteiger charge is -2.22. The molecule has 2 atom stereocenters. The van der Waals surface area contributed by atoms with Crippen LogP contribution in [0, 0.1) is 0 Å². The average Bonchev–Trinajstić information content (AvgIpc) is 3.51. The normalized spacial score (nSPS) is 12.6. The molecule has 3 N–H and O–H groups in total. The molecule has 6 nitrogen and oxygen atoms in total. The quantitative estimate of drug-likeness (QED) is 0.0320. The van der Waals surface area contributed by atoms with Crippen LogP contribution in [0.1, 0.15) is 438 Å². The van der Waals surface area contributed by atoms with Gasteiger partial charge in [0.15, 0.2) is 0 Å². The van der Waals surface area contributed by atoms with E-state index in [0.717, 1.165) is 44.9 Å². The third kappa shape index (κ3) is 69.4. The van der Waals surface area contributed by atoms with Crippen LogP contribution < -0.4 is 5.32 Å². The Morgan fingerprint density at radius 2 is 0.560 bits per heavy atom. The molecule has 0 aromatic carbocycles. The zero-order chi connectivity index (χ0) is 60.6. The summed E-state index contributed by atoms with van der Waals surface area (Å²) < 4.78 is 5.51. The molecule has 0 spiro atoms. The van der Waals surface area contributed by atoms with Gasteiger partial charge in [-0.15, -0.1) is 0 Å². The molecular weight excluding hydrogens is 1030 g/mol. The van der Waals surface area contributed by atoms with E-state index in [1.807, 2.05) is 0 Å². The van der Waals surface area contributed by atoms with Gasteiger partial charge in [0.25, 0.3) is 0 Å². The van der Waals surface area contributed by atoms with Crippen molar-refractivity contribution in [3.05, 3.63) is 24.3 Å². The van der Waals surface area contributed by atoms with E-state index in [1.54, 1.807) is 0 Å². The Morgan fingerprint density at radius 1 is 0.321 bits per heavy atom. The smallest absolute Gasteiger partial charge is 0.305 e. The molecule has 0 aliphatic heterocycles. The van der Waals surface area contributed by atoms with Crippen LogP contribution in [0.15, 0.2) is 24.3 Å². The summed E-state index contributed by atoms with van der Waals surface area (Å²) in [6.45, 7) is 4.99. The van der Waals surface area contributed by atoms with E-state index in [1.165, 1.54) is 360 Å². The van der Waals surface area contributed by atoms with Crippen LogP contribution in [0.25, 0.3) is 0 Å². The zero-order valence-corrected chi connectivity index (χ0v) is 57.2. The molecule has 0 aromatic rings. The number of carbonyl (C=O) groups is 2. The number of ether oxygens (including phenoxy) is 1. The van der Waals surface area contributed by atoms with Crippen molar-refractivity contribution in [2.75, 3.05) is 13.2 Å². The third-order valence-corrected chi connectivity index (χ3v) is 18.2. The summed E-state index contributed by atoms with van der Waals surface area (Å²) in [6.07, 6.45) is 93.9. The van der Waals surface area contributed by atoms with Gasteiger partial charge in [-0.05, 0) is 77.0 Å². The van der Waals surface area contributed by atoms with Gasteiger partial charge in [-0.25, -0.2) is 0 Å². The van der Waals surface area contributed by atoms with Gasteiger partial charge in [0.2, 0.25) is 5.91 Å². The fourth-order valence-electron chi connectivity index (χ4n) is 12.3. The second-order valence-corrected chi connectivity index (χ2v) is 26.7. The number of hydrogen-bond donors (Lipinski definition) is 3. The van der Waals surface area contributed by atoms with Crippen LogP contribution in [-0.2, 0) is 14.3 Å². The maximum absolute atomic E-state index is 12.6. The molecule has 6 heteroatoms. The van der Waals surface area contributed by atoms with Gasteiger partial charge in [0.05, 0.1) is 25.4 Å². The van der Waals surface area contributed by atoms with Crippen molar-refractivity contribution in [3.8, 4) is 0 Å². The number of esters is 1. The van der Waals surface area contributed by atoms with Gasteiger partial charge in [0.1, 0.15) is 0 Å². The van der Waals surface area contributed by atoms with Gasteiger partial charge < -0.3 is 20.3 Å². The minimum atomic E-state index is -0.670. The molecule has 0 saturated carbocycles. The van der Waals surface area contributed by atoms with E-state index in [0.29, 0.717) is 25.9 Å². The molecule has 2 unspecified atom stereocenters. The van der Waals surface area contributed by atoms with Gasteiger partial charge >= 0.3 is 5.97 Å². The molecule has 0 fully saturated rings. The Labute approximate surface area is 526 Å². The largest absolute Gasteiger partial charge is 0.466 e. The molecule has 0 radical (unpaired) electrons. The summed E-state index contributed by atoms with van der Waals surface area (Å²) in [7, 11) is 0. The molecule has 0 rings (SSSR count). The van der Waals surface area contributed by atoms with Gasteiger partial charge in [-0.1, -0.05) is 372 Å². The Bertz CT molecular complexity index is 1320. The highest BCUT2D eigenvalue weighted by Gasteiger charge is 2.20. The van der Waals surface area contributed by atoms with Crippen LogP contribution in [0.2, 0.25) is 0 Å². The Hall–Kier alpha value is -1.66. The van der Waals surface area contributed by atoms with Crippen molar-refractivity contribution in [2.45, 2.75) is 450 Å². The van der Waals surface area contributed by atoms with Gasteiger partial charge in [0, 0.05) is 12.8 Å². The van der Waals surface area contributed by atoms with Crippen LogP contribution in [0.3, 0.4) is 0 Å². The van der Waals surface area contributed by atoms with Crippen LogP contribution >= 0.6 is 0 Å². The summed E-state index contributed by atoms with van der Waals surface area (Å²) in [5.74, 6) is -0.0235. The fourth-order valence-corrected chi connectivity index (χ4v) is 12.3. The molecule has 0 heterocycles. The number of hydrogen-bond acceptors (Lipinski definition) is 5. The fraction of sp³-hybridized carbons (Fsp3) is 0.923. The molecule has 84 heavy (non-hydrogen) atoms. The molecule has 498 valence electrons. The van der Waals surface area contributed by atoms with E-state index < -0.39 is 12.1 Å². The van der Waals surface area contributed by atoms with Crippen LogP contribution in [-0.4, -0.2) is 47.4 Å². The first-order valence-corrected chi connectivity index (χ1v) is 38.6. The first kappa shape index (κ1) is 82.3. The first-order chi connectivity index (χ1) is 41.5. The second-order valence-electron chi connectivity index (χ2n) is 26.7. The predicted molar refractivity (Wildman–Crippen MR) is 370 cm³/mol. The molecule has 0 aliphatic rings. The van der Waals surface area contributed by atoms with Crippen molar-refractivity contribution in [1.29, 1.82) is 0 Å². The maximum atomic E-state index is 12.6. The lowest BCUT2D eigenvalue weighted by atomic mass is 10.0. The van der Waals surface area contributed by atoms with Gasteiger partial charge in [-0.2, -0.15) is 0 Å². The van der Waals surface area contributed by atoms with E-state index in [2.05, 4.69) is 43.5 Å². The highest BCUT2D eigenvalue weighted by molar-refractivity contribution is 5.76. The molecule has 1 amide bonds. The van der Waals surface area contributed by atoms with Crippen molar-refractivity contribution in [1.82, 2.24) is 5.32 Å². The molecular formula is C78H151NO5. The Balaban J connectivity index is 3.39. The van der Waals surface area contributed by atoms with E-state index in [4.69, 9.17) is 4.74 Å². The average molecular weight is 1180 g/mol. The third-order valence-electron chi connectivity index (χ3n) is 18.2. The van der Waals surface area contributed by atoms with E-state index in [-0.39, 0.29) is 18.5 Å². The first-order valence-electron chi connectivity index (χ1n) is 38.6. The summed E-state index contributed by atoms with van der Waals surface area (Å²) in [5, 5.41) is 23.5. The number of aliphatic hydroxyl groups is 2. The summed E-state index contributed by atoms with van der Waals surface area (Å²) >= 11 is 0. The SMILES string of the molecule is CCCCCCCC/C=C\CCCCCCCCCCCC(=O)OCCCCCCCCCCCCCC/C=C\CCCCCCCCCC(=O)NC(CO)C(O)CCCCCCCCCCCCCCCCCCCCCCCCCCC. The number of amides is 1. The van der Waals surface area contributed by atoms with Crippen molar-refractivity contribution < 1.29 is 24.5 Å². The van der Waals surface area contributed by atoms with Crippen molar-refractivity contribution in [2.24, 2.45) is 0 Å². The number of carbonyl (C=O) groups excluding carboxylic acids is 2. The number of allylic oxidation sites excluding steroid dienone is 4. The minimum absolute atomic E-state index is 0.0124. The zero-order valence-electron chi connectivity index (χ0n) is 57.2. The molecule has 0 bridgehead atoms. The van der Waals surface area contributed by atoms with Crippen molar-refractivity contribution in [3.63, 3.8) is 0 Å². The second kappa shape index (κ2) is 73.8. The molecule has 0 aromatic heterocycles. The summed E-state index contributed by atoms with van der Waals surface area (Å²) in [4.78, 5) is 24.7. The molecule has 0 saturated heterocycles. The van der Waals surface area contributed by atoms with Crippen LogP contribution in [0.5, 0.6) is 0 Å². The lowest BCUT2D eigenvalue weighted by molar-refractivity contribution is -0.143. The summed E-state index contributed by atoms with van der Waals surface area (Å²) in [6, 6.07) is -0.548. The monoisotopic (exact) mass is 1180 g/mol. The Kier molecular flexibility index (Phi) is 72.3. The minimum Gasteiger partial charge on any atom is -0.466 e. The number of unbranched alkanes of at least 4 members (excludes halogenated alkanes) is 58. The van der Waals surface area contributed by atoms with E-state index >= 15 is 0 Å². The standard InChI is InChI=1S/C78H151NO5/c1-3-5-7-9-11-13-15-17-19-21-23-24-25-26-28-31-35-38-42-46-50-54-58-62-66-70-76(81)75(74-80)79-77(82)71-67-63-59-55-51-47-43-39-36-32-29-27-30-33-37-41-45-49-53-57-61-65-69-73-84-78(83)72-68-64-60-56-52-48-44-40-34-22-20-18-16-14-12-10-8-6-4-2/h18,20,32,36,75-76,80-81H,3-17,19,21-31,33-35,37-74H2,1-2H3,(H,79,82)/b20-18-,36-32-. The lowest BCUT2D eigenvalue weighted by Crippen LogP contribution is -2.45. The number of nitrogens with one attached hydrogen (secondary N) is 1. The number of aliphatic hydroxyl groups excluding tert-OH is 2. The van der Waals surface area contributed by atoms with Crippen LogP contribution in [0.4, 0.5) is 0 Å². The summed E-state index contributed by atoms with van der Waals surface area (Å²) in [5.41, 5.74) is 0. The highest BCUT2D eigenvalue weighted by atomic mass is 16.5. The predicted octanol–water partition coefficient (Wildman–Crippen LogP) is 25.3. The van der Waals surface area contributed by atoms with E-state index in [9.17, 15) is 19.8 Å². The molecule has 0 aliphatic carbocycles. The Morgan fingerprint density at radius 3 is 0.845 bits per heavy atom.